The molecular weight excluding hydrogens is 354 g/mol. The number of nitrogens with one attached hydrogen (secondary N) is 1. The largest absolute Gasteiger partial charge is 0.468 e. The Morgan fingerprint density at radius 2 is 1.89 bits per heavy atom. The fourth-order valence-electron chi connectivity index (χ4n) is 3.37. The molecule has 0 bridgehead atoms. The highest BCUT2D eigenvalue weighted by molar-refractivity contribution is 5.78. The number of hydrogen-bond donors (Lipinski definition) is 1. The van der Waals surface area contributed by atoms with Gasteiger partial charge in [-0.1, -0.05) is 18.6 Å². The number of alkyl halides is 2. The molecule has 1 atom stereocenters. The van der Waals surface area contributed by atoms with E-state index in [0.717, 1.165) is 37.3 Å². The minimum absolute atomic E-state index is 0.0195. The molecule has 2 heterocycles. The third-order valence-corrected chi connectivity index (χ3v) is 4.71. The van der Waals surface area contributed by atoms with E-state index in [-0.39, 0.29) is 24.1 Å². The second-order valence-electron chi connectivity index (χ2n) is 6.63. The summed E-state index contributed by atoms with van der Waals surface area (Å²) < 4.78 is 34.2. The Hall–Kier alpha value is -2.41. The van der Waals surface area contributed by atoms with E-state index in [4.69, 9.17) is 4.42 Å². The maximum absolute atomic E-state index is 12.3. The van der Waals surface area contributed by atoms with Crippen LogP contribution in [0.4, 0.5) is 8.78 Å². The molecule has 1 saturated heterocycles. The van der Waals surface area contributed by atoms with Gasteiger partial charge in [-0.25, -0.2) is 0 Å². The lowest BCUT2D eigenvalue weighted by molar-refractivity contribution is -0.120. The number of halogens is 2. The maximum atomic E-state index is 12.3. The zero-order valence-electron chi connectivity index (χ0n) is 15.1. The number of likely N-dealkylation sites (tertiary alicyclic amines) is 1. The highest BCUT2D eigenvalue weighted by atomic mass is 19.3. The first-order chi connectivity index (χ1) is 13.1. The van der Waals surface area contributed by atoms with Crippen LogP contribution in [0.3, 0.4) is 0 Å². The molecule has 2 aromatic rings. The predicted molar refractivity (Wildman–Crippen MR) is 96.7 cm³/mol. The van der Waals surface area contributed by atoms with Crippen molar-refractivity contribution in [3.05, 3.63) is 54.0 Å². The molecule has 27 heavy (non-hydrogen) atoms. The third-order valence-electron chi connectivity index (χ3n) is 4.71. The molecule has 7 heteroatoms. The van der Waals surface area contributed by atoms with Crippen molar-refractivity contribution in [2.75, 3.05) is 19.6 Å². The van der Waals surface area contributed by atoms with Crippen LogP contribution in [0, 0.1) is 0 Å². The highest BCUT2D eigenvalue weighted by Gasteiger charge is 2.24. The Morgan fingerprint density at radius 1 is 1.15 bits per heavy atom. The van der Waals surface area contributed by atoms with Gasteiger partial charge in [0.25, 0.3) is 0 Å². The van der Waals surface area contributed by atoms with Crippen molar-refractivity contribution in [2.45, 2.75) is 38.3 Å². The molecule has 1 amide bonds. The van der Waals surface area contributed by atoms with Gasteiger partial charge >= 0.3 is 6.61 Å². The number of furan rings is 1. The number of piperidine rings is 1. The van der Waals surface area contributed by atoms with E-state index in [1.165, 1.54) is 18.6 Å². The topological polar surface area (TPSA) is 54.7 Å². The van der Waals surface area contributed by atoms with E-state index in [0.29, 0.717) is 6.54 Å². The van der Waals surface area contributed by atoms with Gasteiger partial charge < -0.3 is 14.5 Å². The smallest absolute Gasteiger partial charge is 0.387 e. The van der Waals surface area contributed by atoms with E-state index < -0.39 is 6.61 Å². The SMILES string of the molecule is O=C(Cc1ccc(OC(F)F)cc1)NCC(c1ccco1)N1CCCCC1. The van der Waals surface area contributed by atoms with Crippen LogP contribution in [0.15, 0.2) is 47.1 Å². The molecule has 146 valence electrons. The number of hydrogen-bond acceptors (Lipinski definition) is 4. The number of rotatable bonds is 8. The Kier molecular flexibility index (Phi) is 6.81. The molecule has 1 aliphatic rings. The first-order valence-electron chi connectivity index (χ1n) is 9.20. The second kappa shape index (κ2) is 9.50. The first kappa shape index (κ1) is 19.4. The lowest BCUT2D eigenvalue weighted by Crippen LogP contribution is -2.40. The van der Waals surface area contributed by atoms with E-state index in [9.17, 15) is 13.6 Å². The minimum atomic E-state index is -2.85. The number of carbonyl (C=O) groups excluding carboxylic acids is 1. The quantitative estimate of drug-likeness (QED) is 0.760. The molecule has 0 aliphatic carbocycles. The van der Waals surface area contributed by atoms with Crippen molar-refractivity contribution >= 4 is 5.91 Å². The van der Waals surface area contributed by atoms with E-state index in [2.05, 4.69) is 15.0 Å². The number of carbonyl (C=O) groups is 1. The molecule has 1 N–H and O–H groups in total. The van der Waals surface area contributed by atoms with Crippen molar-refractivity contribution in [1.29, 1.82) is 0 Å². The highest BCUT2D eigenvalue weighted by Crippen LogP contribution is 2.24. The van der Waals surface area contributed by atoms with Crippen molar-refractivity contribution in [3.63, 3.8) is 0 Å². The number of benzene rings is 1. The fraction of sp³-hybridized carbons (Fsp3) is 0.450. The van der Waals surface area contributed by atoms with Crippen molar-refractivity contribution in [2.24, 2.45) is 0 Å². The van der Waals surface area contributed by atoms with Crippen LogP contribution in [-0.4, -0.2) is 37.1 Å². The van der Waals surface area contributed by atoms with Crippen molar-refractivity contribution in [1.82, 2.24) is 10.2 Å². The second-order valence-corrected chi connectivity index (χ2v) is 6.63. The van der Waals surface area contributed by atoms with Crippen LogP contribution in [0.5, 0.6) is 5.75 Å². The Morgan fingerprint density at radius 3 is 2.52 bits per heavy atom. The zero-order valence-corrected chi connectivity index (χ0v) is 15.1. The lowest BCUT2D eigenvalue weighted by Gasteiger charge is -2.33. The van der Waals surface area contributed by atoms with Crippen molar-refractivity contribution in [3.8, 4) is 5.75 Å². The molecule has 0 radical (unpaired) electrons. The van der Waals surface area contributed by atoms with Gasteiger partial charge in [0, 0.05) is 6.54 Å². The summed E-state index contributed by atoms with van der Waals surface area (Å²) >= 11 is 0. The summed E-state index contributed by atoms with van der Waals surface area (Å²) in [7, 11) is 0. The van der Waals surface area contributed by atoms with Gasteiger partial charge in [0.1, 0.15) is 11.5 Å². The summed E-state index contributed by atoms with van der Waals surface area (Å²) in [6.07, 6.45) is 5.37. The summed E-state index contributed by atoms with van der Waals surface area (Å²) in [5.41, 5.74) is 0.738. The van der Waals surface area contributed by atoms with Crippen LogP contribution in [0.1, 0.15) is 36.6 Å². The number of ether oxygens (including phenoxy) is 1. The van der Waals surface area contributed by atoms with E-state index in [1.54, 1.807) is 18.4 Å². The maximum Gasteiger partial charge on any atom is 0.387 e. The average Bonchev–Trinajstić information content (AvgIpc) is 3.18. The molecule has 1 unspecified atom stereocenters. The van der Waals surface area contributed by atoms with Gasteiger partial charge in [-0.15, -0.1) is 0 Å². The van der Waals surface area contributed by atoms with E-state index in [1.807, 2.05) is 12.1 Å². The summed E-state index contributed by atoms with van der Waals surface area (Å²) in [5.74, 6) is 0.814. The summed E-state index contributed by atoms with van der Waals surface area (Å²) in [6, 6.07) is 9.93. The van der Waals surface area contributed by atoms with Crippen molar-refractivity contribution < 1.29 is 22.7 Å². The first-order valence-corrected chi connectivity index (χ1v) is 9.20. The monoisotopic (exact) mass is 378 g/mol. The minimum Gasteiger partial charge on any atom is -0.468 e. The summed E-state index contributed by atoms with van der Waals surface area (Å²) in [5, 5.41) is 2.97. The molecule has 0 spiro atoms. The normalized spacial score (nSPS) is 16.3. The Balaban J connectivity index is 1.54. The molecule has 1 aromatic heterocycles. The van der Waals surface area contributed by atoms with Gasteiger partial charge in [-0.2, -0.15) is 8.78 Å². The van der Waals surface area contributed by atoms with Crippen LogP contribution in [0.25, 0.3) is 0 Å². The molecule has 5 nitrogen and oxygen atoms in total. The van der Waals surface area contributed by atoms with Crippen LogP contribution < -0.4 is 10.1 Å². The fourth-order valence-corrected chi connectivity index (χ4v) is 3.37. The molecule has 0 saturated carbocycles. The zero-order chi connectivity index (χ0) is 19.1. The standard InChI is InChI=1S/C20H24F2N2O3/c21-20(22)27-16-8-6-15(7-9-16)13-19(25)23-14-17(18-5-4-12-26-18)24-10-2-1-3-11-24/h4-9,12,17,20H,1-3,10-11,13-14H2,(H,23,25). The van der Waals surface area contributed by atoms with Gasteiger partial charge in [-0.3, -0.25) is 9.69 Å². The van der Waals surface area contributed by atoms with Crippen LogP contribution in [0.2, 0.25) is 0 Å². The van der Waals surface area contributed by atoms with E-state index >= 15 is 0 Å². The third kappa shape index (κ3) is 5.79. The average molecular weight is 378 g/mol. The molecule has 3 rings (SSSR count). The van der Waals surface area contributed by atoms with Gasteiger partial charge in [-0.05, 0) is 55.8 Å². The van der Waals surface area contributed by atoms with Gasteiger partial charge in [0.2, 0.25) is 5.91 Å². The number of amides is 1. The lowest BCUT2D eigenvalue weighted by atomic mass is 10.1. The van der Waals surface area contributed by atoms with Crippen LogP contribution in [-0.2, 0) is 11.2 Å². The Labute approximate surface area is 157 Å². The Bertz CT molecular complexity index is 699. The molecular formula is C20H24F2N2O3. The van der Waals surface area contributed by atoms with Crippen LogP contribution >= 0.6 is 0 Å². The molecule has 1 aromatic carbocycles. The predicted octanol–water partition coefficient (Wildman–Crippen LogP) is 3.77. The summed E-state index contributed by atoms with van der Waals surface area (Å²) in [4.78, 5) is 14.7. The summed E-state index contributed by atoms with van der Waals surface area (Å²) in [6.45, 7) is -0.397. The van der Waals surface area contributed by atoms with Gasteiger partial charge in [0.15, 0.2) is 0 Å². The molecule has 1 aliphatic heterocycles. The molecule has 1 fully saturated rings. The number of nitrogens with zero attached hydrogens (tertiary/aromatic N) is 1. The van der Waals surface area contributed by atoms with Gasteiger partial charge in [0.05, 0.1) is 18.7 Å².